The van der Waals surface area contributed by atoms with E-state index in [1.54, 1.807) is 44.0 Å². The van der Waals surface area contributed by atoms with Crippen molar-refractivity contribution < 1.29 is 14.1 Å². The van der Waals surface area contributed by atoms with Crippen LogP contribution in [0.2, 0.25) is 0 Å². The lowest BCUT2D eigenvalue weighted by Crippen LogP contribution is -2.11. The van der Waals surface area contributed by atoms with Crippen LogP contribution in [-0.2, 0) is 7.05 Å². The highest BCUT2D eigenvalue weighted by Crippen LogP contribution is 2.25. The molecule has 0 radical (unpaired) electrons. The Morgan fingerprint density at radius 3 is 2.86 bits per heavy atom. The van der Waals surface area contributed by atoms with Crippen molar-refractivity contribution in [2.45, 2.75) is 6.92 Å². The van der Waals surface area contributed by atoms with Crippen molar-refractivity contribution in [2.75, 3.05) is 12.4 Å². The molecule has 0 saturated carbocycles. The van der Waals surface area contributed by atoms with Gasteiger partial charge in [0, 0.05) is 18.7 Å². The molecule has 0 aliphatic carbocycles. The van der Waals surface area contributed by atoms with Crippen LogP contribution in [0.3, 0.4) is 0 Å². The van der Waals surface area contributed by atoms with E-state index in [1.165, 1.54) is 0 Å². The van der Waals surface area contributed by atoms with Crippen LogP contribution in [0.4, 0.5) is 5.82 Å². The number of amides is 1. The van der Waals surface area contributed by atoms with Crippen LogP contribution in [-0.4, -0.2) is 28.0 Å². The minimum atomic E-state index is -0.269. The number of carbonyl (C=O) groups excluding carboxylic acids is 1. The van der Waals surface area contributed by atoms with E-state index in [4.69, 9.17) is 9.26 Å². The summed E-state index contributed by atoms with van der Waals surface area (Å²) in [5.74, 6) is 1.41. The summed E-state index contributed by atoms with van der Waals surface area (Å²) < 4.78 is 11.8. The molecular weight excluding hydrogens is 272 g/mol. The van der Waals surface area contributed by atoms with Gasteiger partial charge >= 0.3 is 0 Å². The largest absolute Gasteiger partial charge is 0.481 e. The first kappa shape index (κ1) is 13.2. The van der Waals surface area contributed by atoms with E-state index in [0.29, 0.717) is 28.5 Å². The zero-order valence-corrected chi connectivity index (χ0v) is 11.9. The number of ether oxygens (including phenoxy) is 1. The average Bonchev–Trinajstić information content (AvgIpc) is 3.00. The van der Waals surface area contributed by atoms with Gasteiger partial charge in [-0.1, -0.05) is 5.16 Å². The standard InChI is InChI=1S/C14H14N4O3/c1-8-6-12(17-21-8)15-13(19)9-4-5-10-11(7-9)16-18(2)14(10)20-3/h4-7H,1-3H3,(H,15,17,19). The van der Waals surface area contributed by atoms with E-state index in [9.17, 15) is 4.79 Å². The molecular formula is C14H14N4O3. The summed E-state index contributed by atoms with van der Waals surface area (Å²) in [5.41, 5.74) is 1.18. The highest BCUT2D eigenvalue weighted by molar-refractivity contribution is 6.06. The third kappa shape index (κ3) is 2.33. The smallest absolute Gasteiger partial charge is 0.256 e. The first-order chi connectivity index (χ1) is 10.1. The number of methoxy groups -OCH3 is 1. The molecule has 3 rings (SSSR count). The van der Waals surface area contributed by atoms with E-state index in [-0.39, 0.29) is 5.91 Å². The Balaban J connectivity index is 1.92. The van der Waals surface area contributed by atoms with Gasteiger partial charge < -0.3 is 14.6 Å². The predicted octanol–water partition coefficient (Wildman–Crippen LogP) is 2.13. The first-order valence-corrected chi connectivity index (χ1v) is 6.34. The van der Waals surface area contributed by atoms with Crippen LogP contribution < -0.4 is 10.1 Å². The van der Waals surface area contributed by atoms with E-state index >= 15 is 0 Å². The summed E-state index contributed by atoms with van der Waals surface area (Å²) >= 11 is 0. The number of hydrogen-bond acceptors (Lipinski definition) is 5. The molecule has 1 aromatic carbocycles. The zero-order valence-electron chi connectivity index (χ0n) is 11.9. The van der Waals surface area contributed by atoms with Crippen molar-refractivity contribution in [1.29, 1.82) is 0 Å². The molecule has 0 aliphatic rings. The lowest BCUT2D eigenvalue weighted by Gasteiger charge is -2.01. The van der Waals surface area contributed by atoms with Gasteiger partial charge in [0.15, 0.2) is 5.82 Å². The van der Waals surface area contributed by atoms with Crippen LogP contribution in [0, 0.1) is 6.92 Å². The molecule has 0 bridgehead atoms. The third-order valence-electron chi connectivity index (χ3n) is 3.10. The topological polar surface area (TPSA) is 82.2 Å². The molecule has 21 heavy (non-hydrogen) atoms. The van der Waals surface area contributed by atoms with E-state index in [2.05, 4.69) is 15.6 Å². The van der Waals surface area contributed by atoms with Gasteiger partial charge in [0.1, 0.15) is 5.76 Å². The summed E-state index contributed by atoms with van der Waals surface area (Å²) in [6.07, 6.45) is 0. The van der Waals surface area contributed by atoms with E-state index in [1.807, 2.05) is 6.07 Å². The van der Waals surface area contributed by atoms with Gasteiger partial charge in [-0.15, -0.1) is 0 Å². The van der Waals surface area contributed by atoms with Crippen molar-refractivity contribution in [3.8, 4) is 5.88 Å². The van der Waals surface area contributed by atoms with Gasteiger partial charge in [-0.2, -0.15) is 5.10 Å². The number of rotatable bonds is 3. The molecule has 0 unspecified atom stereocenters. The van der Waals surface area contributed by atoms with Crippen LogP contribution >= 0.6 is 0 Å². The Morgan fingerprint density at radius 1 is 1.38 bits per heavy atom. The molecule has 1 amide bonds. The van der Waals surface area contributed by atoms with Gasteiger partial charge in [-0.25, -0.2) is 4.68 Å². The van der Waals surface area contributed by atoms with Gasteiger partial charge in [0.25, 0.3) is 5.91 Å². The molecule has 0 fully saturated rings. The Labute approximate surface area is 120 Å². The molecule has 2 heterocycles. The molecule has 2 aromatic heterocycles. The molecule has 3 aromatic rings. The van der Waals surface area contributed by atoms with Gasteiger partial charge in [-0.05, 0) is 25.1 Å². The van der Waals surface area contributed by atoms with Crippen LogP contribution in [0.15, 0.2) is 28.8 Å². The number of benzene rings is 1. The fourth-order valence-electron chi connectivity index (χ4n) is 2.17. The number of nitrogens with one attached hydrogen (secondary N) is 1. The number of aromatic nitrogens is 3. The molecule has 108 valence electrons. The molecule has 1 N–H and O–H groups in total. The number of aryl methyl sites for hydroxylation is 2. The average molecular weight is 286 g/mol. The fourth-order valence-corrected chi connectivity index (χ4v) is 2.17. The fraction of sp³-hybridized carbons (Fsp3) is 0.214. The van der Waals surface area contributed by atoms with E-state index in [0.717, 1.165) is 5.39 Å². The Hall–Kier alpha value is -2.83. The lowest BCUT2D eigenvalue weighted by molar-refractivity contribution is 0.102. The normalized spacial score (nSPS) is 10.8. The maximum Gasteiger partial charge on any atom is 0.256 e. The zero-order chi connectivity index (χ0) is 15.0. The monoisotopic (exact) mass is 286 g/mol. The number of carbonyl (C=O) groups is 1. The first-order valence-electron chi connectivity index (χ1n) is 6.34. The summed E-state index contributed by atoms with van der Waals surface area (Å²) in [5, 5.41) is 11.6. The highest BCUT2D eigenvalue weighted by Gasteiger charge is 2.13. The SMILES string of the molecule is COc1c2ccc(C(=O)Nc3cc(C)on3)cc2nn1C. The minimum Gasteiger partial charge on any atom is -0.481 e. The molecule has 7 heteroatoms. The second kappa shape index (κ2) is 4.93. The second-order valence-electron chi connectivity index (χ2n) is 4.64. The summed E-state index contributed by atoms with van der Waals surface area (Å²) in [7, 11) is 3.38. The number of fused-ring (bicyclic) bond motifs is 1. The Kier molecular flexibility index (Phi) is 3.09. The van der Waals surface area contributed by atoms with Gasteiger partial charge in [0.05, 0.1) is 18.0 Å². The maximum absolute atomic E-state index is 12.2. The maximum atomic E-state index is 12.2. The van der Waals surface area contributed by atoms with Gasteiger partial charge in [0.2, 0.25) is 5.88 Å². The number of nitrogens with zero attached hydrogens (tertiary/aromatic N) is 3. The van der Waals surface area contributed by atoms with Gasteiger partial charge in [-0.3, -0.25) is 4.79 Å². The molecule has 7 nitrogen and oxygen atoms in total. The lowest BCUT2D eigenvalue weighted by atomic mass is 10.1. The summed E-state index contributed by atoms with van der Waals surface area (Å²) in [6, 6.07) is 6.89. The third-order valence-corrected chi connectivity index (χ3v) is 3.10. The van der Waals surface area contributed by atoms with Crippen molar-refractivity contribution >= 4 is 22.6 Å². The van der Waals surface area contributed by atoms with Crippen LogP contribution in [0.5, 0.6) is 5.88 Å². The predicted molar refractivity (Wildman–Crippen MR) is 76.5 cm³/mol. The van der Waals surface area contributed by atoms with Crippen molar-refractivity contribution in [3.63, 3.8) is 0 Å². The Morgan fingerprint density at radius 2 is 2.19 bits per heavy atom. The highest BCUT2D eigenvalue weighted by atomic mass is 16.5. The summed E-state index contributed by atoms with van der Waals surface area (Å²) in [4.78, 5) is 12.2. The minimum absolute atomic E-state index is 0.269. The molecule has 0 saturated heterocycles. The number of anilines is 1. The molecule has 0 spiro atoms. The van der Waals surface area contributed by atoms with E-state index < -0.39 is 0 Å². The van der Waals surface area contributed by atoms with Crippen molar-refractivity contribution in [2.24, 2.45) is 7.05 Å². The molecule has 0 aliphatic heterocycles. The van der Waals surface area contributed by atoms with Crippen molar-refractivity contribution in [3.05, 3.63) is 35.6 Å². The van der Waals surface area contributed by atoms with Crippen molar-refractivity contribution in [1.82, 2.24) is 14.9 Å². The second-order valence-corrected chi connectivity index (χ2v) is 4.64. The summed E-state index contributed by atoms with van der Waals surface area (Å²) in [6.45, 7) is 1.76. The van der Waals surface area contributed by atoms with Crippen LogP contribution in [0.25, 0.3) is 10.9 Å². The Bertz CT molecular complexity index is 819. The molecule has 0 atom stereocenters. The number of hydrogen-bond donors (Lipinski definition) is 1. The van der Waals surface area contributed by atoms with Crippen LogP contribution in [0.1, 0.15) is 16.1 Å². The quantitative estimate of drug-likeness (QED) is 0.797.